The summed E-state index contributed by atoms with van der Waals surface area (Å²) >= 11 is 0. The predicted octanol–water partition coefficient (Wildman–Crippen LogP) is 0.932. The molecular weight excluding hydrogens is 238 g/mol. The third-order valence-corrected chi connectivity index (χ3v) is 3.79. The number of hydrogen-bond donors (Lipinski definition) is 1. The van der Waals surface area contributed by atoms with E-state index in [9.17, 15) is 4.79 Å². The van der Waals surface area contributed by atoms with Gasteiger partial charge in [0.2, 0.25) is 5.91 Å². The first-order valence-corrected chi connectivity index (χ1v) is 7.38. The molecule has 1 heterocycles. The summed E-state index contributed by atoms with van der Waals surface area (Å²) in [5.74, 6) is 2.94. The summed E-state index contributed by atoms with van der Waals surface area (Å²) in [7, 11) is 0. The minimum Gasteiger partial charge on any atom is -0.343 e. The number of rotatable bonds is 7. The standard InChI is InChI=1S/C15H27N3O/c1-4-11-17-12-8-14(9-13-17)16-10-7-15(19)18(5-2)6-3/h1,14,16H,5-13H2,2-3H3. The molecule has 1 aliphatic rings. The summed E-state index contributed by atoms with van der Waals surface area (Å²) in [4.78, 5) is 16.0. The van der Waals surface area contributed by atoms with Crippen molar-refractivity contribution in [2.24, 2.45) is 0 Å². The van der Waals surface area contributed by atoms with Crippen LogP contribution in [0.25, 0.3) is 0 Å². The van der Waals surface area contributed by atoms with Crippen LogP contribution in [0.3, 0.4) is 0 Å². The van der Waals surface area contributed by atoms with Gasteiger partial charge in [0.15, 0.2) is 0 Å². The molecule has 0 bridgehead atoms. The Morgan fingerprint density at radius 2 is 2.00 bits per heavy atom. The summed E-state index contributed by atoms with van der Waals surface area (Å²) in [5, 5.41) is 3.49. The van der Waals surface area contributed by atoms with Gasteiger partial charge in [0.25, 0.3) is 0 Å². The van der Waals surface area contributed by atoms with Crippen molar-refractivity contribution in [1.29, 1.82) is 0 Å². The molecule has 0 unspecified atom stereocenters. The van der Waals surface area contributed by atoms with Crippen LogP contribution in [0, 0.1) is 12.3 Å². The minimum atomic E-state index is 0.252. The maximum atomic E-state index is 11.8. The minimum absolute atomic E-state index is 0.252. The molecule has 19 heavy (non-hydrogen) atoms. The highest BCUT2D eigenvalue weighted by atomic mass is 16.2. The van der Waals surface area contributed by atoms with E-state index in [1.54, 1.807) is 0 Å². The van der Waals surface area contributed by atoms with E-state index < -0.39 is 0 Å². The number of amides is 1. The molecule has 1 fully saturated rings. The van der Waals surface area contributed by atoms with E-state index in [0.29, 0.717) is 12.5 Å². The molecule has 0 aliphatic carbocycles. The second-order valence-electron chi connectivity index (χ2n) is 5.02. The van der Waals surface area contributed by atoms with Gasteiger partial charge in [-0.05, 0) is 26.7 Å². The normalized spacial score (nSPS) is 17.1. The lowest BCUT2D eigenvalue weighted by atomic mass is 10.1. The van der Waals surface area contributed by atoms with E-state index in [1.807, 2.05) is 18.7 Å². The average Bonchev–Trinajstić information content (AvgIpc) is 2.42. The number of nitrogens with one attached hydrogen (secondary N) is 1. The van der Waals surface area contributed by atoms with Crippen molar-refractivity contribution in [3.8, 4) is 12.3 Å². The number of carbonyl (C=O) groups excluding carboxylic acids is 1. The second-order valence-corrected chi connectivity index (χ2v) is 5.02. The smallest absolute Gasteiger partial charge is 0.223 e. The van der Waals surface area contributed by atoms with Crippen molar-refractivity contribution in [1.82, 2.24) is 15.1 Å². The van der Waals surface area contributed by atoms with Crippen LogP contribution in [0.15, 0.2) is 0 Å². The van der Waals surface area contributed by atoms with E-state index in [2.05, 4.69) is 16.1 Å². The summed E-state index contributed by atoms with van der Waals surface area (Å²) < 4.78 is 0. The van der Waals surface area contributed by atoms with Crippen LogP contribution in [0.1, 0.15) is 33.1 Å². The molecule has 4 heteroatoms. The average molecular weight is 265 g/mol. The van der Waals surface area contributed by atoms with Gasteiger partial charge in [-0.2, -0.15) is 0 Å². The number of piperidine rings is 1. The Kier molecular flexibility index (Phi) is 7.54. The molecule has 1 N–H and O–H groups in total. The number of hydrogen-bond acceptors (Lipinski definition) is 3. The van der Waals surface area contributed by atoms with Crippen LogP contribution >= 0.6 is 0 Å². The Morgan fingerprint density at radius 1 is 1.37 bits per heavy atom. The molecule has 0 aromatic heterocycles. The van der Waals surface area contributed by atoms with Gasteiger partial charge in [-0.25, -0.2) is 0 Å². The summed E-state index contributed by atoms with van der Waals surface area (Å²) in [6, 6.07) is 0.540. The van der Waals surface area contributed by atoms with Gasteiger partial charge in [-0.15, -0.1) is 6.42 Å². The Labute approximate surface area is 117 Å². The predicted molar refractivity (Wildman–Crippen MR) is 78.8 cm³/mol. The van der Waals surface area contributed by atoms with Crippen LogP contribution in [-0.2, 0) is 4.79 Å². The molecule has 1 aliphatic heterocycles. The maximum absolute atomic E-state index is 11.8. The summed E-state index contributed by atoms with van der Waals surface area (Å²) in [6.07, 6.45) is 8.17. The van der Waals surface area contributed by atoms with E-state index >= 15 is 0 Å². The van der Waals surface area contributed by atoms with Crippen molar-refractivity contribution in [2.75, 3.05) is 39.3 Å². The van der Waals surface area contributed by atoms with Gasteiger partial charge in [0.1, 0.15) is 0 Å². The first kappa shape index (κ1) is 16.0. The molecule has 1 amide bonds. The van der Waals surface area contributed by atoms with Crippen LogP contribution in [0.2, 0.25) is 0 Å². The van der Waals surface area contributed by atoms with Gasteiger partial charge in [-0.1, -0.05) is 5.92 Å². The number of nitrogens with zero attached hydrogens (tertiary/aromatic N) is 2. The number of terminal acetylenes is 1. The van der Waals surface area contributed by atoms with Crippen LogP contribution in [-0.4, -0.2) is 61.0 Å². The van der Waals surface area contributed by atoms with Gasteiger partial charge in [0.05, 0.1) is 6.54 Å². The first-order valence-electron chi connectivity index (χ1n) is 7.38. The van der Waals surface area contributed by atoms with Gasteiger partial charge >= 0.3 is 0 Å². The van der Waals surface area contributed by atoms with Crippen molar-refractivity contribution in [3.63, 3.8) is 0 Å². The SMILES string of the molecule is C#CCN1CCC(NCCC(=O)N(CC)CC)CC1. The largest absolute Gasteiger partial charge is 0.343 e. The quantitative estimate of drug-likeness (QED) is 0.696. The molecule has 0 radical (unpaired) electrons. The zero-order chi connectivity index (χ0) is 14.1. The Balaban J connectivity index is 2.14. The lowest BCUT2D eigenvalue weighted by Crippen LogP contribution is -2.43. The van der Waals surface area contributed by atoms with Crippen molar-refractivity contribution in [3.05, 3.63) is 0 Å². The highest BCUT2D eigenvalue weighted by molar-refractivity contribution is 5.76. The third kappa shape index (κ3) is 5.63. The second kappa shape index (κ2) is 8.95. The van der Waals surface area contributed by atoms with E-state index in [1.165, 1.54) is 0 Å². The molecule has 1 saturated heterocycles. The molecule has 108 valence electrons. The Hall–Kier alpha value is -1.05. The molecule has 0 aromatic rings. The zero-order valence-corrected chi connectivity index (χ0v) is 12.3. The number of likely N-dealkylation sites (tertiary alicyclic amines) is 1. The topological polar surface area (TPSA) is 35.6 Å². The highest BCUT2D eigenvalue weighted by Gasteiger charge is 2.18. The van der Waals surface area contributed by atoms with Gasteiger partial charge in [0, 0.05) is 45.2 Å². The first-order chi connectivity index (χ1) is 9.21. The van der Waals surface area contributed by atoms with Crippen LogP contribution in [0.4, 0.5) is 0 Å². The van der Waals surface area contributed by atoms with Crippen LogP contribution in [0.5, 0.6) is 0 Å². The molecular formula is C15H27N3O. The molecule has 0 atom stereocenters. The fourth-order valence-electron chi connectivity index (χ4n) is 2.54. The lowest BCUT2D eigenvalue weighted by molar-refractivity contribution is -0.130. The van der Waals surface area contributed by atoms with E-state index in [4.69, 9.17) is 6.42 Å². The van der Waals surface area contributed by atoms with Crippen LogP contribution < -0.4 is 5.32 Å². The van der Waals surface area contributed by atoms with Gasteiger partial charge in [-0.3, -0.25) is 9.69 Å². The molecule has 1 rings (SSSR count). The number of carbonyl (C=O) groups is 1. The lowest BCUT2D eigenvalue weighted by Gasteiger charge is -2.31. The van der Waals surface area contributed by atoms with Crippen molar-refractivity contribution < 1.29 is 4.79 Å². The van der Waals surface area contributed by atoms with Gasteiger partial charge < -0.3 is 10.2 Å². The maximum Gasteiger partial charge on any atom is 0.223 e. The third-order valence-electron chi connectivity index (χ3n) is 3.79. The van der Waals surface area contributed by atoms with E-state index in [0.717, 1.165) is 52.1 Å². The fraction of sp³-hybridized carbons (Fsp3) is 0.800. The Morgan fingerprint density at radius 3 is 2.53 bits per heavy atom. The Bertz CT molecular complexity index is 299. The monoisotopic (exact) mass is 265 g/mol. The van der Waals surface area contributed by atoms with Crippen molar-refractivity contribution in [2.45, 2.75) is 39.2 Å². The zero-order valence-electron chi connectivity index (χ0n) is 12.3. The van der Waals surface area contributed by atoms with Crippen molar-refractivity contribution >= 4 is 5.91 Å². The fourth-order valence-corrected chi connectivity index (χ4v) is 2.54. The van der Waals surface area contributed by atoms with E-state index in [-0.39, 0.29) is 5.91 Å². The highest BCUT2D eigenvalue weighted by Crippen LogP contribution is 2.09. The molecule has 0 aromatic carbocycles. The summed E-state index contributed by atoms with van der Waals surface area (Å²) in [5.41, 5.74) is 0. The molecule has 4 nitrogen and oxygen atoms in total. The molecule has 0 spiro atoms. The molecule has 0 saturated carbocycles. The summed E-state index contributed by atoms with van der Waals surface area (Å²) in [6.45, 7) is 9.33.